The summed E-state index contributed by atoms with van der Waals surface area (Å²) in [4.78, 5) is 59.0. The van der Waals surface area contributed by atoms with Gasteiger partial charge in [-0.15, -0.1) is 0 Å². The lowest BCUT2D eigenvalue weighted by atomic mass is 10.1. The number of alkyl halides is 2. The second-order valence-corrected chi connectivity index (χ2v) is 7.15. The van der Waals surface area contributed by atoms with Crippen LogP contribution < -0.4 is 26.4 Å². The zero-order valence-corrected chi connectivity index (χ0v) is 16.5. The minimum absolute atomic E-state index is 0.0288. The number of nitrogens with one attached hydrogen (secondary N) is 3. The number of anilines is 1. The van der Waals surface area contributed by atoms with E-state index in [1.807, 2.05) is 4.98 Å². The number of aromatic nitrogens is 6. The molecular weight excluding hydrogens is 448 g/mol. The van der Waals surface area contributed by atoms with E-state index in [1.54, 1.807) is 0 Å². The fraction of sp³-hybridized carbons (Fsp3) is 0.278. The van der Waals surface area contributed by atoms with Gasteiger partial charge in [0.15, 0.2) is 5.69 Å². The summed E-state index contributed by atoms with van der Waals surface area (Å²) in [5, 5.41) is 14.7. The van der Waals surface area contributed by atoms with Crippen LogP contribution in [0.4, 0.5) is 14.5 Å². The van der Waals surface area contributed by atoms with Crippen LogP contribution in [0.3, 0.4) is 0 Å². The predicted octanol–water partition coefficient (Wildman–Crippen LogP) is -0.548. The fourth-order valence-corrected chi connectivity index (χ4v) is 3.26. The number of carboxylic acids is 1. The van der Waals surface area contributed by atoms with Crippen molar-refractivity contribution in [3.63, 3.8) is 0 Å². The second-order valence-electron chi connectivity index (χ2n) is 7.15. The van der Waals surface area contributed by atoms with Gasteiger partial charge in [-0.1, -0.05) is 0 Å². The van der Waals surface area contributed by atoms with Crippen molar-refractivity contribution >= 4 is 11.7 Å². The molecule has 33 heavy (non-hydrogen) atoms. The SMILES string of the molecule is O=C(O)c1cnc(OCC2CN(c3cc(-c4c[nH]c(=O)[nH]c4=O)n[nH]c3=O)CC2(F)F)cn1. The number of carbonyl (C=O) groups is 1. The number of carboxylic acid groups (broad SMARTS) is 1. The van der Waals surface area contributed by atoms with E-state index < -0.39 is 47.8 Å². The molecule has 0 spiro atoms. The first-order valence-electron chi connectivity index (χ1n) is 9.37. The highest BCUT2D eigenvalue weighted by Gasteiger charge is 2.49. The van der Waals surface area contributed by atoms with Crippen molar-refractivity contribution in [1.29, 1.82) is 0 Å². The first-order chi connectivity index (χ1) is 15.6. The summed E-state index contributed by atoms with van der Waals surface area (Å²) in [6.07, 6.45) is 3.04. The Bertz CT molecular complexity index is 1370. The maximum absolute atomic E-state index is 14.6. The van der Waals surface area contributed by atoms with Crippen molar-refractivity contribution in [1.82, 2.24) is 30.1 Å². The van der Waals surface area contributed by atoms with Gasteiger partial charge in [-0.2, -0.15) is 5.10 Å². The van der Waals surface area contributed by atoms with Crippen LogP contribution >= 0.6 is 0 Å². The van der Waals surface area contributed by atoms with Crippen molar-refractivity contribution in [3.05, 3.63) is 61.5 Å². The molecule has 0 bridgehead atoms. The second kappa shape index (κ2) is 8.25. The van der Waals surface area contributed by atoms with Crippen LogP contribution in [0.15, 0.2) is 39.0 Å². The Hall–Kier alpha value is -4.43. The molecule has 13 nitrogen and oxygen atoms in total. The summed E-state index contributed by atoms with van der Waals surface area (Å²) in [6, 6.07) is 1.18. The Morgan fingerprint density at radius 1 is 1.24 bits per heavy atom. The van der Waals surface area contributed by atoms with Gasteiger partial charge in [0.25, 0.3) is 17.0 Å². The smallest absolute Gasteiger partial charge is 0.356 e. The largest absolute Gasteiger partial charge is 0.476 e. The maximum Gasteiger partial charge on any atom is 0.356 e. The van der Waals surface area contributed by atoms with Crippen LogP contribution in [-0.4, -0.2) is 66.8 Å². The minimum atomic E-state index is -3.24. The Morgan fingerprint density at radius 3 is 2.70 bits per heavy atom. The van der Waals surface area contributed by atoms with Gasteiger partial charge < -0.3 is 19.7 Å². The number of hydrogen-bond acceptors (Lipinski definition) is 9. The van der Waals surface area contributed by atoms with E-state index in [4.69, 9.17) is 9.84 Å². The molecular formula is C18H15F2N7O6. The zero-order valence-electron chi connectivity index (χ0n) is 16.5. The Balaban J connectivity index is 1.53. The molecule has 15 heteroatoms. The number of halogens is 2. The Morgan fingerprint density at radius 2 is 2.03 bits per heavy atom. The molecule has 1 saturated heterocycles. The topological polar surface area (TPSA) is 187 Å². The van der Waals surface area contributed by atoms with Crippen LogP contribution in [0, 0.1) is 5.92 Å². The number of rotatable bonds is 6. The maximum atomic E-state index is 14.6. The molecule has 4 rings (SSSR count). The highest BCUT2D eigenvalue weighted by molar-refractivity contribution is 5.84. The highest BCUT2D eigenvalue weighted by atomic mass is 19.3. The van der Waals surface area contributed by atoms with Crippen molar-refractivity contribution in [2.45, 2.75) is 5.92 Å². The van der Waals surface area contributed by atoms with Gasteiger partial charge in [0.05, 0.1) is 36.1 Å². The summed E-state index contributed by atoms with van der Waals surface area (Å²) in [7, 11) is 0. The van der Waals surface area contributed by atoms with Gasteiger partial charge in [0, 0.05) is 12.7 Å². The van der Waals surface area contributed by atoms with E-state index >= 15 is 0 Å². The van der Waals surface area contributed by atoms with Crippen LogP contribution in [0.2, 0.25) is 0 Å². The van der Waals surface area contributed by atoms with E-state index in [-0.39, 0.29) is 35.1 Å². The lowest BCUT2D eigenvalue weighted by Crippen LogP contribution is -2.32. The van der Waals surface area contributed by atoms with Crippen LogP contribution in [0.1, 0.15) is 10.5 Å². The van der Waals surface area contributed by atoms with Crippen LogP contribution in [0.25, 0.3) is 11.3 Å². The molecule has 1 aliphatic heterocycles. The molecule has 1 fully saturated rings. The molecule has 0 amide bonds. The minimum Gasteiger partial charge on any atom is -0.476 e. The molecule has 0 saturated carbocycles. The third-order valence-corrected chi connectivity index (χ3v) is 4.94. The molecule has 3 aromatic rings. The Labute approximate surface area is 181 Å². The van der Waals surface area contributed by atoms with Gasteiger partial charge in [0.1, 0.15) is 12.3 Å². The number of H-pyrrole nitrogens is 3. The lowest BCUT2D eigenvalue weighted by molar-refractivity contribution is -0.0359. The molecule has 4 N–H and O–H groups in total. The average molecular weight is 463 g/mol. The fourth-order valence-electron chi connectivity index (χ4n) is 3.26. The lowest BCUT2D eigenvalue weighted by Gasteiger charge is -2.17. The van der Waals surface area contributed by atoms with Gasteiger partial charge in [0.2, 0.25) is 5.88 Å². The standard InChI is InChI=1S/C18H15F2N7O6/c19-18(20)7-27(5-8(18)6-33-13-4-21-11(3-22-13)16(30)31)12-1-10(25-26-15(12)29)9-2-23-17(32)24-14(9)28/h1-4,8H,5-7H2,(H,26,29)(H,30,31)(H2,23,24,28,32). The number of nitrogens with zero attached hydrogens (tertiary/aromatic N) is 4. The van der Waals surface area contributed by atoms with Crippen molar-refractivity contribution in [2.24, 2.45) is 5.92 Å². The first kappa shape index (κ1) is 21.8. The van der Waals surface area contributed by atoms with Crippen molar-refractivity contribution < 1.29 is 23.4 Å². The molecule has 0 aliphatic carbocycles. The van der Waals surface area contributed by atoms with E-state index in [2.05, 4.69) is 25.1 Å². The third kappa shape index (κ3) is 4.46. The van der Waals surface area contributed by atoms with Crippen molar-refractivity contribution in [2.75, 3.05) is 24.6 Å². The third-order valence-electron chi connectivity index (χ3n) is 4.94. The normalized spacial score (nSPS) is 17.2. The number of aromatic amines is 3. The zero-order chi connectivity index (χ0) is 23.8. The van der Waals surface area contributed by atoms with E-state index in [0.29, 0.717) is 0 Å². The van der Waals surface area contributed by atoms with E-state index in [1.165, 1.54) is 6.07 Å². The molecule has 0 radical (unpaired) electrons. The first-order valence-corrected chi connectivity index (χ1v) is 9.37. The van der Waals surface area contributed by atoms with Crippen molar-refractivity contribution in [3.8, 4) is 17.1 Å². The number of hydrogen-bond donors (Lipinski definition) is 4. The van der Waals surface area contributed by atoms with Crippen LogP contribution in [0.5, 0.6) is 5.88 Å². The summed E-state index contributed by atoms with van der Waals surface area (Å²) in [6.45, 7) is -1.53. The summed E-state index contributed by atoms with van der Waals surface area (Å²) in [5.41, 5.74) is -2.81. The predicted molar refractivity (Wildman–Crippen MR) is 107 cm³/mol. The molecule has 3 aromatic heterocycles. The number of ether oxygens (including phenoxy) is 1. The molecule has 1 unspecified atom stereocenters. The molecule has 0 aromatic carbocycles. The summed E-state index contributed by atoms with van der Waals surface area (Å²) in [5.74, 6) is -5.99. The Kier molecular flexibility index (Phi) is 5.45. The molecule has 1 aliphatic rings. The molecule has 1 atom stereocenters. The molecule has 172 valence electrons. The van der Waals surface area contributed by atoms with Gasteiger partial charge in [-0.05, 0) is 6.07 Å². The molecule has 4 heterocycles. The van der Waals surface area contributed by atoms with Gasteiger partial charge in [-0.25, -0.2) is 33.4 Å². The summed E-state index contributed by atoms with van der Waals surface area (Å²) < 4.78 is 34.5. The monoisotopic (exact) mass is 463 g/mol. The quantitative estimate of drug-likeness (QED) is 0.369. The summed E-state index contributed by atoms with van der Waals surface area (Å²) >= 11 is 0. The van der Waals surface area contributed by atoms with Gasteiger partial charge in [-0.3, -0.25) is 14.6 Å². The van der Waals surface area contributed by atoms with Crippen LogP contribution in [-0.2, 0) is 0 Å². The van der Waals surface area contributed by atoms with E-state index in [0.717, 1.165) is 23.5 Å². The number of aromatic carboxylic acids is 1. The highest BCUT2D eigenvalue weighted by Crippen LogP contribution is 2.35. The average Bonchev–Trinajstić information content (AvgIpc) is 3.07. The van der Waals surface area contributed by atoms with Gasteiger partial charge >= 0.3 is 11.7 Å². The van der Waals surface area contributed by atoms with E-state index in [9.17, 15) is 28.0 Å².